The number of carbonyl (C=O) groups excluding carboxylic acids is 1. The number of aromatic nitrogens is 2. The zero-order valence-corrected chi connectivity index (χ0v) is 15.7. The van der Waals surface area contributed by atoms with Crippen LogP contribution in [-0.2, 0) is 9.53 Å². The van der Waals surface area contributed by atoms with Crippen LogP contribution < -0.4 is 5.56 Å². The molecule has 0 fully saturated rings. The molecular weight excluding hydrogens is 348 g/mol. The molecule has 0 bridgehead atoms. The molecule has 5 nitrogen and oxygen atoms in total. The Morgan fingerprint density at radius 3 is 2.54 bits per heavy atom. The van der Waals surface area contributed by atoms with Gasteiger partial charge in [0, 0.05) is 0 Å². The molecule has 0 amide bonds. The number of aryl methyl sites for hydroxylation is 1. The summed E-state index contributed by atoms with van der Waals surface area (Å²) in [5.41, 5.74) is 2.28. The smallest absolute Gasteiger partial charge is 0.316 e. The van der Waals surface area contributed by atoms with Gasteiger partial charge in [0.25, 0.3) is 5.56 Å². The summed E-state index contributed by atoms with van der Waals surface area (Å²) in [5.74, 6) is -0.239. The molecule has 0 atom stereocenters. The fourth-order valence-electron chi connectivity index (χ4n) is 2.55. The van der Waals surface area contributed by atoms with E-state index in [-0.39, 0.29) is 23.4 Å². The number of thioether (sulfide) groups is 1. The number of para-hydroxylation sites is 1. The van der Waals surface area contributed by atoms with Crippen molar-refractivity contribution in [1.82, 2.24) is 9.55 Å². The molecule has 0 aliphatic rings. The molecule has 2 aromatic carbocycles. The average molecular weight is 368 g/mol. The number of nitrogens with zero attached hydrogens (tertiary/aromatic N) is 2. The Morgan fingerprint density at radius 1 is 1.15 bits per heavy atom. The second-order valence-corrected chi connectivity index (χ2v) is 7.16. The normalized spacial score (nSPS) is 11.1. The topological polar surface area (TPSA) is 61.2 Å². The summed E-state index contributed by atoms with van der Waals surface area (Å²) in [6, 6.07) is 14.9. The van der Waals surface area contributed by atoms with Gasteiger partial charge in [-0.25, -0.2) is 4.98 Å². The molecule has 3 rings (SSSR count). The minimum absolute atomic E-state index is 0.0921. The van der Waals surface area contributed by atoms with E-state index in [1.807, 2.05) is 43.3 Å². The van der Waals surface area contributed by atoms with Gasteiger partial charge in [-0.05, 0) is 45.0 Å². The first-order chi connectivity index (χ1) is 12.5. The zero-order valence-electron chi connectivity index (χ0n) is 14.9. The van der Waals surface area contributed by atoms with Gasteiger partial charge in [0.15, 0.2) is 5.16 Å². The minimum Gasteiger partial charge on any atom is -0.462 e. The molecule has 0 aliphatic heterocycles. The first kappa shape index (κ1) is 18.2. The molecule has 0 saturated heterocycles. The fourth-order valence-corrected chi connectivity index (χ4v) is 3.35. The Morgan fingerprint density at radius 2 is 1.85 bits per heavy atom. The van der Waals surface area contributed by atoms with E-state index in [0.717, 1.165) is 11.3 Å². The lowest BCUT2D eigenvalue weighted by atomic mass is 10.2. The minimum atomic E-state index is -0.331. The molecule has 134 valence electrons. The maximum absolute atomic E-state index is 13.1. The molecule has 0 unspecified atom stereocenters. The largest absolute Gasteiger partial charge is 0.462 e. The van der Waals surface area contributed by atoms with Crippen molar-refractivity contribution in [2.45, 2.75) is 32.0 Å². The Balaban J connectivity index is 2.07. The Bertz CT molecular complexity index is 994. The van der Waals surface area contributed by atoms with Crippen LogP contribution in [0.3, 0.4) is 0 Å². The molecule has 1 aromatic heterocycles. The van der Waals surface area contributed by atoms with Gasteiger partial charge >= 0.3 is 5.97 Å². The third kappa shape index (κ3) is 3.96. The average Bonchev–Trinajstić information content (AvgIpc) is 2.61. The number of esters is 1. The second-order valence-electron chi connectivity index (χ2n) is 6.21. The van der Waals surface area contributed by atoms with Crippen LogP contribution in [-0.4, -0.2) is 27.4 Å². The number of rotatable bonds is 5. The van der Waals surface area contributed by atoms with Crippen LogP contribution in [0.15, 0.2) is 58.5 Å². The lowest BCUT2D eigenvalue weighted by Crippen LogP contribution is -2.22. The maximum atomic E-state index is 13.1. The quantitative estimate of drug-likeness (QED) is 0.390. The highest BCUT2D eigenvalue weighted by atomic mass is 32.2. The molecule has 6 heteroatoms. The first-order valence-electron chi connectivity index (χ1n) is 8.37. The van der Waals surface area contributed by atoms with Crippen molar-refractivity contribution < 1.29 is 9.53 Å². The van der Waals surface area contributed by atoms with Gasteiger partial charge in [0.2, 0.25) is 0 Å². The summed E-state index contributed by atoms with van der Waals surface area (Å²) in [6.07, 6.45) is -0.174. The number of benzene rings is 2. The van der Waals surface area contributed by atoms with Gasteiger partial charge in [0.1, 0.15) is 0 Å². The monoisotopic (exact) mass is 368 g/mol. The third-order valence-electron chi connectivity index (χ3n) is 3.72. The molecule has 0 radical (unpaired) electrons. The van der Waals surface area contributed by atoms with Gasteiger partial charge in [-0.3, -0.25) is 14.2 Å². The van der Waals surface area contributed by atoms with Gasteiger partial charge in [-0.2, -0.15) is 0 Å². The van der Waals surface area contributed by atoms with Crippen molar-refractivity contribution in [3.8, 4) is 5.69 Å². The summed E-state index contributed by atoms with van der Waals surface area (Å²) < 4.78 is 6.73. The highest BCUT2D eigenvalue weighted by Gasteiger charge is 2.15. The first-order valence-corrected chi connectivity index (χ1v) is 9.35. The van der Waals surface area contributed by atoms with Gasteiger partial charge in [-0.1, -0.05) is 41.6 Å². The van der Waals surface area contributed by atoms with Crippen molar-refractivity contribution >= 4 is 28.6 Å². The van der Waals surface area contributed by atoms with Gasteiger partial charge in [0.05, 0.1) is 28.4 Å². The molecule has 0 N–H and O–H groups in total. The lowest BCUT2D eigenvalue weighted by molar-refractivity contribution is -0.144. The van der Waals surface area contributed by atoms with Crippen LogP contribution in [0.4, 0.5) is 0 Å². The summed E-state index contributed by atoms with van der Waals surface area (Å²) in [7, 11) is 0. The summed E-state index contributed by atoms with van der Waals surface area (Å²) in [4.78, 5) is 29.6. The van der Waals surface area contributed by atoms with Crippen molar-refractivity contribution in [2.24, 2.45) is 0 Å². The molecule has 3 aromatic rings. The number of fused-ring (bicyclic) bond motifs is 1. The van der Waals surface area contributed by atoms with Crippen LogP contribution in [0.25, 0.3) is 16.6 Å². The van der Waals surface area contributed by atoms with E-state index in [4.69, 9.17) is 4.74 Å². The van der Waals surface area contributed by atoms with Crippen molar-refractivity contribution in [1.29, 1.82) is 0 Å². The molecular formula is C20H20N2O3S. The van der Waals surface area contributed by atoms with Crippen molar-refractivity contribution in [3.05, 3.63) is 64.4 Å². The molecule has 0 aliphatic carbocycles. The fraction of sp³-hybridized carbons (Fsp3) is 0.250. The summed E-state index contributed by atoms with van der Waals surface area (Å²) in [6.45, 7) is 5.60. The number of hydrogen-bond acceptors (Lipinski definition) is 5. The summed E-state index contributed by atoms with van der Waals surface area (Å²) in [5, 5.41) is 1.01. The number of hydrogen-bond donors (Lipinski definition) is 0. The van der Waals surface area contributed by atoms with E-state index in [1.54, 1.807) is 30.5 Å². The Hall–Kier alpha value is -2.60. The highest BCUT2D eigenvalue weighted by Crippen LogP contribution is 2.22. The predicted octanol–water partition coefficient (Wildman–Crippen LogP) is 3.74. The lowest BCUT2D eigenvalue weighted by Gasteiger charge is -2.13. The highest BCUT2D eigenvalue weighted by molar-refractivity contribution is 7.99. The van der Waals surface area contributed by atoms with Crippen molar-refractivity contribution in [2.75, 3.05) is 5.75 Å². The SMILES string of the molecule is Cc1ccc(-n2c(SCC(=O)OC(C)C)nc3ccccc3c2=O)cc1. The van der Waals surface area contributed by atoms with Crippen LogP contribution in [0, 0.1) is 6.92 Å². The van der Waals surface area contributed by atoms with Crippen LogP contribution in [0.5, 0.6) is 0 Å². The molecule has 0 saturated carbocycles. The van der Waals surface area contributed by atoms with Crippen LogP contribution in [0.2, 0.25) is 0 Å². The molecule has 1 heterocycles. The van der Waals surface area contributed by atoms with E-state index in [2.05, 4.69) is 4.98 Å². The predicted molar refractivity (Wildman–Crippen MR) is 104 cm³/mol. The molecule has 26 heavy (non-hydrogen) atoms. The van der Waals surface area contributed by atoms with Crippen molar-refractivity contribution in [3.63, 3.8) is 0 Å². The van der Waals surface area contributed by atoms with Crippen LogP contribution in [0.1, 0.15) is 19.4 Å². The molecule has 0 spiro atoms. The maximum Gasteiger partial charge on any atom is 0.316 e. The van der Waals surface area contributed by atoms with Gasteiger partial charge in [-0.15, -0.1) is 0 Å². The van der Waals surface area contributed by atoms with Gasteiger partial charge < -0.3 is 4.74 Å². The second kappa shape index (κ2) is 7.74. The Kier molecular flexibility index (Phi) is 5.42. The number of carbonyl (C=O) groups is 1. The standard InChI is InChI=1S/C20H20N2O3S/c1-13(2)25-18(23)12-26-20-21-17-7-5-4-6-16(17)19(24)22(20)15-10-8-14(3)9-11-15/h4-11,13H,12H2,1-3H3. The van der Waals surface area contributed by atoms with E-state index in [9.17, 15) is 9.59 Å². The van der Waals surface area contributed by atoms with E-state index in [0.29, 0.717) is 16.1 Å². The van der Waals surface area contributed by atoms with E-state index in [1.165, 1.54) is 11.8 Å². The summed E-state index contributed by atoms with van der Waals surface area (Å²) >= 11 is 1.20. The van der Waals surface area contributed by atoms with E-state index >= 15 is 0 Å². The number of ether oxygens (including phenoxy) is 1. The zero-order chi connectivity index (χ0) is 18.7. The van der Waals surface area contributed by atoms with E-state index < -0.39 is 0 Å². The Labute approximate surface area is 156 Å². The van der Waals surface area contributed by atoms with Crippen LogP contribution >= 0.6 is 11.8 Å². The third-order valence-corrected chi connectivity index (χ3v) is 4.64.